The zero-order valence-corrected chi connectivity index (χ0v) is 21.9. The van der Waals surface area contributed by atoms with Crippen LogP contribution in [-0.4, -0.2) is 35.4 Å². The summed E-state index contributed by atoms with van der Waals surface area (Å²) in [4.78, 5) is 10.4. The number of nitriles is 1. The Morgan fingerprint density at radius 2 is 1.60 bits per heavy atom. The van der Waals surface area contributed by atoms with Gasteiger partial charge in [-0.3, -0.25) is 5.10 Å². The normalized spacial score (nSPS) is 19.5. The van der Waals surface area contributed by atoms with Gasteiger partial charge in [-0.2, -0.15) is 23.5 Å². The molecule has 0 bridgehead atoms. The Labute approximate surface area is 230 Å². The minimum absolute atomic E-state index is 0.0841. The van der Waals surface area contributed by atoms with E-state index >= 15 is 0 Å². The third kappa shape index (κ3) is 6.41. The summed E-state index contributed by atoms with van der Waals surface area (Å²) in [6, 6.07) is 34.3. The number of likely N-dealkylation sites (tertiary alicyclic amines) is 1. The van der Waals surface area contributed by atoms with Crippen molar-refractivity contribution in [3.8, 4) is 17.3 Å². The van der Waals surface area contributed by atoms with E-state index < -0.39 is 12.1 Å². The maximum absolute atomic E-state index is 10.5. The van der Waals surface area contributed by atoms with Crippen molar-refractivity contribution in [2.75, 3.05) is 13.1 Å². The van der Waals surface area contributed by atoms with Gasteiger partial charge in [-0.25, -0.2) is 0 Å². The number of aliphatic carboxylic acids is 1. The van der Waals surface area contributed by atoms with Crippen molar-refractivity contribution in [1.29, 1.82) is 5.26 Å². The fraction of sp³-hybridized carbons (Fsp3) is 0.258. The van der Waals surface area contributed by atoms with Crippen LogP contribution in [0.2, 0.25) is 0 Å². The highest BCUT2D eigenvalue weighted by Crippen LogP contribution is 2.40. The molecule has 40 heavy (non-hydrogen) atoms. The molecule has 1 saturated heterocycles. The summed E-state index contributed by atoms with van der Waals surface area (Å²) >= 11 is 0. The van der Waals surface area contributed by atoms with Gasteiger partial charge in [0.25, 0.3) is 0 Å². The van der Waals surface area contributed by atoms with Crippen LogP contribution < -0.4 is 10.0 Å². The molecule has 6 nitrogen and oxygen atoms in total. The van der Waals surface area contributed by atoms with Gasteiger partial charge in [0.1, 0.15) is 12.0 Å². The van der Waals surface area contributed by atoms with Crippen molar-refractivity contribution in [1.82, 2.24) is 10.2 Å². The quantitative estimate of drug-likeness (QED) is 0.396. The number of hydrogen-bond acceptors (Lipinski definition) is 4. The van der Waals surface area contributed by atoms with E-state index in [0.29, 0.717) is 11.6 Å². The lowest BCUT2D eigenvalue weighted by Gasteiger charge is -2.41. The first kappa shape index (κ1) is 28.6. The number of carboxylic acid groups (broad SMARTS) is 1. The number of alkyl halides is 3. The summed E-state index contributed by atoms with van der Waals surface area (Å²) in [6.45, 7) is 4.54. The monoisotopic (exact) mass is 546 g/mol. The number of nitrogens with zero attached hydrogens (tertiary/aromatic N) is 2. The van der Waals surface area contributed by atoms with Crippen LogP contribution in [0.1, 0.15) is 48.2 Å². The van der Waals surface area contributed by atoms with Gasteiger partial charge in [-0.05, 0) is 30.7 Å². The van der Waals surface area contributed by atoms with Crippen molar-refractivity contribution >= 4 is 5.97 Å². The lowest BCUT2D eigenvalue weighted by atomic mass is 9.70. The summed E-state index contributed by atoms with van der Waals surface area (Å²) in [7, 11) is 0. The molecule has 0 aliphatic carbocycles. The first-order valence-corrected chi connectivity index (χ1v) is 12.9. The van der Waals surface area contributed by atoms with E-state index in [1.54, 1.807) is 4.90 Å². The second-order valence-electron chi connectivity index (χ2n) is 9.88. The Hall–Kier alpha value is -4.42. The van der Waals surface area contributed by atoms with Gasteiger partial charge < -0.3 is 14.8 Å². The molecule has 9 heteroatoms. The molecule has 0 saturated carbocycles. The molecule has 1 unspecified atom stereocenters. The summed E-state index contributed by atoms with van der Waals surface area (Å²) < 4.78 is 31.5. The predicted molar refractivity (Wildman–Crippen MR) is 142 cm³/mol. The molecule has 5 rings (SSSR count). The smallest absolute Gasteiger partial charge is 0.430 e. The summed E-state index contributed by atoms with van der Waals surface area (Å²) in [5.41, 5.74) is 6.35. The Morgan fingerprint density at radius 3 is 2.17 bits per heavy atom. The van der Waals surface area contributed by atoms with Gasteiger partial charge in [0.05, 0.1) is 30.4 Å². The highest BCUT2D eigenvalue weighted by atomic mass is 19.4. The zero-order chi connectivity index (χ0) is 28.8. The van der Waals surface area contributed by atoms with Crippen LogP contribution >= 0.6 is 0 Å². The van der Waals surface area contributed by atoms with Crippen molar-refractivity contribution < 1.29 is 28.0 Å². The van der Waals surface area contributed by atoms with Crippen LogP contribution in [-0.2, 0) is 10.2 Å². The van der Waals surface area contributed by atoms with Crippen LogP contribution in [0.15, 0.2) is 91.0 Å². The van der Waals surface area contributed by atoms with Gasteiger partial charge in [-0.15, -0.1) is 0 Å². The number of carbonyl (C=O) groups is 1. The third-order valence-corrected chi connectivity index (χ3v) is 7.60. The van der Waals surface area contributed by atoms with Gasteiger partial charge in [0.2, 0.25) is 0 Å². The average Bonchev–Trinajstić information content (AvgIpc) is 3.49. The number of benzene rings is 3. The molecule has 4 aromatic rings. The predicted octanol–water partition coefficient (Wildman–Crippen LogP) is 3.97. The topological polar surface area (TPSA) is 97.0 Å². The van der Waals surface area contributed by atoms with Crippen LogP contribution in [0.25, 0.3) is 11.3 Å². The highest BCUT2D eigenvalue weighted by molar-refractivity contribution is 5.70. The second kappa shape index (κ2) is 12.2. The summed E-state index contributed by atoms with van der Waals surface area (Å²) in [5, 5.41) is 26.1. The standard InChI is InChI=1S/C29H28N4.C2HF3O2/c1-22(24-10-4-2-5-11-24)33-17-15-29(16-18-33,26-13-6-3-7-14-26)28-20-27(31-32-28)25-12-8-9-23(19-25)21-30;3-2(4,5)1(6)7/h2-14,19-20,22H,15-18H2,1H3,(H,31,32);(H,6,7). The summed E-state index contributed by atoms with van der Waals surface area (Å²) in [6.07, 6.45) is -3.08. The Morgan fingerprint density at radius 1 is 1.00 bits per heavy atom. The molecule has 1 aromatic heterocycles. The van der Waals surface area contributed by atoms with E-state index in [2.05, 4.69) is 89.9 Å². The van der Waals surface area contributed by atoms with Crippen molar-refractivity contribution in [2.24, 2.45) is 0 Å². The van der Waals surface area contributed by atoms with E-state index in [1.165, 1.54) is 11.1 Å². The van der Waals surface area contributed by atoms with E-state index in [0.717, 1.165) is 42.9 Å². The van der Waals surface area contributed by atoms with Crippen LogP contribution in [0, 0.1) is 11.3 Å². The van der Waals surface area contributed by atoms with Gasteiger partial charge >= 0.3 is 6.18 Å². The van der Waals surface area contributed by atoms with Crippen LogP contribution in [0.3, 0.4) is 0 Å². The minimum atomic E-state index is -5.19. The lowest BCUT2D eigenvalue weighted by molar-refractivity contribution is -0.935. The molecule has 1 aliphatic rings. The highest BCUT2D eigenvalue weighted by Gasteiger charge is 2.42. The lowest BCUT2D eigenvalue weighted by Crippen LogP contribution is -3.13. The van der Waals surface area contributed by atoms with Gasteiger partial charge in [0.15, 0.2) is 0 Å². The minimum Gasteiger partial charge on any atom is -0.542 e. The number of carboxylic acids is 1. The second-order valence-corrected chi connectivity index (χ2v) is 9.88. The Balaban J connectivity index is 0.000000470. The number of rotatable bonds is 5. The number of nitrogens with one attached hydrogen (secondary N) is 2. The zero-order valence-electron chi connectivity index (χ0n) is 21.9. The van der Waals surface area contributed by atoms with E-state index in [9.17, 15) is 18.4 Å². The number of H-pyrrole nitrogens is 1. The number of aromatic amines is 1. The number of carbonyl (C=O) groups excluding carboxylic acids is 1. The van der Waals surface area contributed by atoms with E-state index in [-0.39, 0.29) is 5.41 Å². The average molecular weight is 547 g/mol. The number of hydrogen-bond donors (Lipinski definition) is 2. The third-order valence-electron chi connectivity index (χ3n) is 7.60. The number of quaternary nitrogens is 1. The number of aromatic nitrogens is 2. The van der Waals surface area contributed by atoms with Crippen molar-refractivity contribution in [3.63, 3.8) is 0 Å². The molecular weight excluding hydrogens is 517 g/mol. The molecular formula is C31H29F3N4O2. The molecule has 2 N–H and O–H groups in total. The van der Waals surface area contributed by atoms with Crippen LogP contribution in [0.5, 0.6) is 0 Å². The molecule has 1 atom stereocenters. The first-order chi connectivity index (χ1) is 19.1. The molecule has 206 valence electrons. The molecule has 0 spiro atoms. The van der Waals surface area contributed by atoms with Gasteiger partial charge in [0, 0.05) is 35.1 Å². The number of halogens is 3. The molecule has 2 heterocycles. The van der Waals surface area contributed by atoms with E-state index in [4.69, 9.17) is 9.90 Å². The fourth-order valence-corrected chi connectivity index (χ4v) is 5.34. The maximum Gasteiger partial charge on any atom is 0.430 e. The first-order valence-electron chi connectivity index (χ1n) is 12.9. The number of piperidine rings is 1. The molecule has 0 amide bonds. The molecule has 3 aromatic carbocycles. The van der Waals surface area contributed by atoms with Gasteiger partial charge in [-0.1, -0.05) is 72.8 Å². The van der Waals surface area contributed by atoms with Crippen molar-refractivity contribution in [2.45, 2.75) is 37.4 Å². The summed E-state index contributed by atoms with van der Waals surface area (Å²) in [5.74, 6) is -3.01. The van der Waals surface area contributed by atoms with E-state index in [1.807, 2.05) is 24.3 Å². The fourth-order valence-electron chi connectivity index (χ4n) is 5.34. The largest absolute Gasteiger partial charge is 0.542 e. The molecule has 0 radical (unpaired) electrons. The van der Waals surface area contributed by atoms with Crippen molar-refractivity contribution in [3.05, 3.63) is 113 Å². The SMILES string of the molecule is CC(c1ccccc1)[NH+]1CCC(c2ccccc2)(c2cc(-c3cccc(C#N)c3)n[nH]2)CC1.O=C([O-])C(F)(F)F. The molecule has 1 aliphatic heterocycles. The maximum atomic E-state index is 10.5. The molecule has 1 fully saturated rings. The van der Waals surface area contributed by atoms with Crippen LogP contribution in [0.4, 0.5) is 13.2 Å². The Kier molecular flexibility index (Phi) is 8.70. The Bertz CT molecular complexity index is 1460.